The van der Waals surface area contributed by atoms with Gasteiger partial charge in [-0.05, 0) is 43.2 Å². The molecular formula is C19H17Cl2N3O2. The number of hydrogen-bond acceptors (Lipinski definition) is 3. The Morgan fingerprint density at radius 3 is 2.62 bits per heavy atom. The van der Waals surface area contributed by atoms with E-state index in [1.807, 2.05) is 25.1 Å². The Bertz CT molecular complexity index is 983. The second kappa shape index (κ2) is 7.40. The number of amides is 1. The maximum absolute atomic E-state index is 12.6. The van der Waals surface area contributed by atoms with Gasteiger partial charge in [0.25, 0.3) is 5.91 Å². The molecule has 0 atom stereocenters. The quantitative estimate of drug-likeness (QED) is 0.628. The fraction of sp³-hybridized carbons (Fsp3) is 0.158. The molecule has 0 unspecified atom stereocenters. The van der Waals surface area contributed by atoms with Crippen molar-refractivity contribution in [2.45, 2.75) is 20.4 Å². The highest BCUT2D eigenvalue weighted by atomic mass is 35.5. The summed E-state index contributed by atoms with van der Waals surface area (Å²) in [7, 11) is 0. The molecule has 0 fully saturated rings. The van der Waals surface area contributed by atoms with E-state index in [1.165, 1.54) is 4.68 Å². The van der Waals surface area contributed by atoms with Crippen molar-refractivity contribution in [3.8, 4) is 5.75 Å². The summed E-state index contributed by atoms with van der Waals surface area (Å²) in [5, 5.41) is 17.8. The van der Waals surface area contributed by atoms with Crippen molar-refractivity contribution in [3.05, 3.63) is 75.0 Å². The van der Waals surface area contributed by atoms with Crippen molar-refractivity contribution in [3.63, 3.8) is 0 Å². The molecule has 0 saturated carbocycles. The number of rotatable bonds is 4. The lowest BCUT2D eigenvalue weighted by atomic mass is 10.2. The number of carbonyl (C=O) groups is 1. The third kappa shape index (κ3) is 3.69. The molecule has 5 nitrogen and oxygen atoms in total. The van der Waals surface area contributed by atoms with Crippen LogP contribution >= 0.6 is 23.2 Å². The average Bonchev–Trinajstić information content (AvgIpc) is 2.86. The Hall–Kier alpha value is -2.50. The summed E-state index contributed by atoms with van der Waals surface area (Å²) in [4.78, 5) is 12.6. The number of halogens is 2. The van der Waals surface area contributed by atoms with Gasteiger partial charge in [0.1, 0.15) is 10.9 Å². The topological polar surface area (TPSA) is 67.2 Å². The minimum absolute atomic E-state index is 0.00409. The molecule has 1 aromatic heterocycles. The minimum atomic E-state index is -0.433. The lowest BCUT2D eigenvalue weighted by Gasteiger charge is -2.08. The lowest BCUT2D eigenvalue weighted by Crippen LogP contribution is -2.13. The van der Waals surface area contributed by atoms with E-state index in [-0.39, 0.29) is 16.5 Å². The van der Waals surface area contributed by atoms with Crippen molar-refractivity contribution in [1.29, 1.82) is 0 Å². The van der Waals surface area contributed by atoms with Crippen molar-refractivity contribution in [2.75, 3.05) is 5.32 Å². The molecule has 0 aliphatic carbocycles. The number of carbonyl (C=O) groups excluding carboxylic acids is 1. The monoisotopic (exact) mass is 389 g/mol. The molecule has 2 N–H and O–H groups in total. The van der Waals surface area contributed by atoms with Gasteiger partial charge in [-0.2, -0.15) is 5.10 Å². The zero-order valence-corrected chi connectivity index (χ0v) is 15.8. The number of benzene rings is 2. The fourth-order valence-electron chi connectivity index (χ4n) is 2.64. The summed E-state index contributed by atoms with van der Waals surface area (Å²) in [6, 6.07) is 12.4. The van der Waals surface area contributed by atoms with E-state index >= 15 is 0 Å². The van der Waals surface area contributed by atoms with Crippen LogP contribution < -0.4 is 5.32 Å². The van der Waals surface area contributed by atoms with E-state index in [0.717, 1.165) is 11.1 Å². The third-order valence-electron chi connectivity index (χ3n) is 3.97. The summed E-state index contributed by atoms with van der Waals surface area (Å²) in [6.07, 6.45) is 0. The zero-order chi connectivity index (χ0) is 18.8. The summed E-state index contributed by atoms with van der Waals surface area (Å²) in [5.41, 5.74) is 2.81. The number of aromatic hydroxyl groups is 1. The summed E-state index contributed by atoms with van der Waals surface area (Å²) in [5.74, 6) is -0.437. The van der Waals surface area contributed by atoms with E-state index in [1.54, 1.807) is 31.2 Å². The number of phenolic OH excluding ortho intramolecular Hbond substituents is 1. The zero-order valence-electron chi connectivity index (χ0n) is 14.3. The van der Waals surface area contributed by atoms with Gasteiger partial charge in [0.2, 0.25) is 0 Å². The molecule has 0 aliphatic heterocycles. The van der Waals surface area contributed by atoms with Gasteiger partial charge in [0.05, 0.1) is 23.5 Å². The second-order valence-electron chi connectivity index (χ2n) is 5.98. The first-order valence-electron chi connectivity index (χ1n) is 7.94. The van der Waals surface area contributed by atoms with Crippen LogP contribution in [0.25, 0.3) is 0 Å². The minimum Gasteiger partial charge on any atom is -0.506 e. The predicted molar refractivity (Wildman–Crippen MR) is 103 cm³/mol. The first kappa shape index (κ1) is 18.3. The molecule has 0 radical (unpaired) electrons. The first-order valence-corrected chi connectivity index (χ1v) is 8.69. The Morgan fingerprint density at radius 1 is 1.19 bits per heavy atom. The van der Waals surface area contributed by atoms with Gasteiger partial charge in [-0.1, -0.05) is 47.5 Å². The van der Waals surface area contributed by atoms with Crippen molar-refractivity contribution >= 4 is 34.8 Å². The fourth-order valence-corrected chi connectivity index (χ4v) is 3.15. The van der Waals surface area contributed by atoms with E-state index in [2.05, 4.69) is 10.4 Å². The van der Waals surface area contributed by atoms with Crippen LogP contribution in [0.1, 0.15) is 27.2 Å². The van der Waals surface area contributed by atoms with Gasteiger partial charge < -0.3 is 10.4 Å². The summed E-state index contributed by atoms with van der Waals surface area (Å²) in [6.45, 7) is 3.91. The van der Waals surface area contributed by atoms with Crippen LogP contribution in [0.15, 0.2) is 42.5 Å². The van der Waals surface area contributed by atoms with Crippen LogP contribution in [-0.2, 0) is 6.54 Å². The molecule has 134 valence electrons. The van der Waals surface area contributed by atoms with Crippen molar-refractivity contribution in [2.24, 2.45) is 0 Å². The van der Waals surface area contributed by atoms with Gasteiger partial charge in [0.15, 0.2) is 0 Å². The number of aryl methyl sites for hydroxylation is 2. The molecule has 26 heavy (non-hydrogen) atoms. The van der Waals surface area contributed by atoms with Crippen molar-refractivity contribution in [1.82, 2.24) is 9.78 Å². The standard InChI is InChI=1S/C19H17Cl2N3O2/c1-11-7-8-15(16(25)9-11)22-19(26)17-12(2)23-24(18(17)21)10-13-5-3-4-6-14(13)20/h3-9,25H,10H2,1-2H3,(H,22,26). The van der Waals surface area contributed by atoms with Gasteiger partial charge in [-0.3, -0.25) is 4.79 Å². The van der Waals surface area contributed by atoms with Crippen LogP contribution in [-0.4, -0.2) is 20.8 Å². The molecule has 3 aromatic rings. The molecule has 0 spiro atoms. The molecule has 0 saturated heterocycles. The molecule has 2 aromatic carbocycles. The molecule has 1 amide bonds. The Morgan fingerprint density at radius 2 is 1.92 bits per heavy atom. The average molecular weight is 390 g/mol. The van der Waals surface area contributed by atoms with Gasteiger partial charge in [-0.25, -0.2) is 4.68 Å². The smallest absolute Gasteiger partial charge is 0.260 e. The number of hydrogen-bond donors (Lipinski definition) is 2. The number of phenols is 1. The van der Waals surface area contributed by atoms with E-state index in [4.69, 9.17) is 23.2 Å². The molecule has 3 rings (SSSR count). The van der Waals surface area contributed by atoms with Crippen molar-refractivity contribution < 1.29 is 9.90 Å². The van der Waals surface area contributed by atoms with E-state index < -0.39 is 5.91 Å². The van der Waals surface area contributed by atoms with Gasteiger partial charge >= 0.3 is 0 Å². The molecule has 0 bridgehead atoms. The van der Waals surface area contributed by atoms with E-state index in [0.29, 0.717) is 22.9 Å². The predicted octanol–water partition coefficient (Wildman–Crippen LogP) is 4.81. The first-order chi connectivity index (χ1) is 12.4. The Balaban J connectivity index is 1.87. The van der Waals surface area contributed by atoms with Crippen LogP contribution in [0.3, 0.4) is 0 Å². The molecular weight excluding hydrogens is 373 g/mol. The largest absolute Gasteiger partial charge is 0.506 e. The SMILES string of the molecule is Cc1ccc(NC(=O)c2c(C)nn(Cc3ccccc3Cl)c2Cl)c(O)c1. The van der Waals surface area contributed by atoms with Gasteiger partial charge in [0, 0.05) is 5.02 Å². The molecule has 7 heteroatoms. The maximum atomic E-state index is 12.6. The summed E-state index contributed by atoms with van der Waals surface area (Å²) >= 11 is 12.6. The van der Waals surface area contributed by atoms with Crippen LogP contribution in [0.2, 0.25) is 10.2 Å². The highest BCUT2D eigenvalue weighted by molar-refractivity contribution is 6.34. The number of anilines is 1. The summed E-state index contributed by atoms with van der Waals surface area (Å²) < 4.78 is 1.53. The van der Waals surface area contributed by atoms with Crippen LogP contribution in [0, 0.1) is 13.8 Å². The number of aromatic nitrogens is 2. The van der Waals surface area contributed by atoms with Crippen LogP contribution in [0.5, 0.6) is 5.75 Å². The highest BCUT2D eigenvalue weighted by Crippen LogP contribution is 2.27. The second-order valence-corrected chi connectivity index (χ2v) is 6.74. The maximum Gasteiger partial charge on any atom is 0.260 e. The Labute approximate surface area is 161 Å². The van der Waals surface area contributed by atoms with E-state index in [9.17, 15) is 9.90 Å². The van der Waals surface area contributed by atoms with Gasteiger partial charge in [-0.15, -0.1) is 0 Å². The normalized spacial score (nSPS) is 10.8. The molecule has 1 heterocycles. The Kier molecular flexibility index (Phi) is 5.20. The number of nitrogens with one attached hydrogen (secondary N) is 1. The molecule has 0 aliphatic rings. The van der Waals surface area contributed by atoms with Crippen LogP contribution in [0.4, 0.5) is 5.69 Å². The third-order valence-corrected chi connectivity index (χ3v) is 4.72. The number of nitrogens with zero attached hydrogens (tertiary/aromatic N) is 2. The lowest BCUT2D eigenvalue weighted by molar-refractivity contribution is 0.102. The highest BCUT2D eigenvalue weighted by Gasteiger charge is 2.21.